The minimum absolute atomic E-state index is 0.329. The number of likely N-dealkylation sites (N-methyl/N-ethyl adjacent to an activating group) is 1. The van der Waals surface area contributed by atoms with Gasteiger partial charge in [0, 0.05) is 27.5 Å². The Morgan fingerprint density at radius 2 is 2.30 bits per heavy atom. The molecule has 0 amide bonds. The van der Waals surface area contributed by atoms with Gasteiger partial charge in [-0.1, -0.05) is 19.8 Å². The van der Waals surface area contributed by atoms with Gasteiger partial charge in [-0.3, -0.25) is 0 Å². The van der Waals surface area contributed by atoms with Crippen molar-refractivity contribution in [1.29, 1.82) is 0 Å². The molecule has 0 aliphatic heterocycles. The lowest BCUT2D eigenvalue weighted by molar-refractivity contribution is 0.0729. The molecule has 0 bridgehead atoms. The Hall–Kier alpha value is 0.1000. The average Bonchev–Trinajstić information content (AvgIpc) is 2.82. The van der Waals surface area contributed by atoms with E-state index in [1.54, 1.807) is 0 Å². The van der Waals surface area contributed by atoms with Crippen LogP contribution >= 0.6 is 27.3 Å². The number of thiophene rings is 1. The second-order valence-corrected chi connectivity index (χ2v) is 8.36. The molecule has 0 aromatic carbocycles. The second kappa shape index (κ2) is 6.91. The van der Waals surface area contributed by atoms with E-state index in [9.17, 15) is 0 Å². The summed E-state index contributed by atoms with van der Waals surface area (Å²) >= 11 is 5.47. The molecule has 3 unspecified atom stereocenters. The lowest BCUT2D eigenvalue weighted by atomic mass is 9.75. The van der Waals surface area contributed by atoms with Crippen LogP contribution in [0.4, 0.5) is 0 Å². The van der Waals surface area contributed by atoms with Crippen LogP contribution in [0, 0.1) is 5.92 Å². The number of rotatable bonds is 5. The fraction of sp³-hybridized carbons (Fsp3) is 0.750. The summed E-state index contributed by atoms with van der Waals surface area (Å²) in [4.78, 5) is 3.86. The molecule has 0 saturated heterocycles. The Balaban J connectivity index is 2.01. The molecule has 1 aromatic heterocycles. The van der Waals surface area contributed by atoms with Crippen molar-refractivity contribution in [1.82, 2.24) is 10.2 Å². The van der Waals surface area contributed by atoms with E-state index >= 15 is 0 Å². The van der Waals surface area contributed by atoms with Crippen molar-refractivity contribution in [2.45, 2.75) is 51.1 Å². The molecule has 4 heteroatoms. The van der Waals surface area contributed by atoms with Crippen LogP contribution in [-0.4, -0.2) is 31.1 Å². The highest BCUT2D eigenvalue weighted by Gasteiger charge is 2.37. The molecule has 0 spiro atoms. The minimum Gasteiger partial charge on any atom is -0.308 e. The predicted octanol–water partition coefficient (Wildman–Crippen LogP) is 4.67. The molecule has 1 aliphatic rings. The third-order valence-electron chi connectivity index (χ3n) is 4.79. The normalized spacial score (nSPS) is 28.8. The summed E-state index contributed by atoms with van der Waals surface area (Å²) in [6.07, 6.45) is 5.38. The van der Waals surface area contributed by atoms with Gasteiger partial charge in [-0.25, -0.2) is 0 Å². The zero-order valence-electron chi connectivity index (χ0n) is 13.1. The fourth-order valence-electron chi connectivity index (χ4n) is 3.41. The molecule has 1 saturated carbocycles. The van der Waals surface area contributed by atoms with E-state index in [2.05, 4.69) is 65.5 Å². The number of halogens is 1. The summed E-state index contributed by atoms with van der Waals surface area (Å²) in [5.41, 5.74) is 0.329. The van der Waals surface area contributed by atoms with Crippen LogP contribution in [0.5, 0.6) is 0 Å². The molecule has 114 valence electrons. The van der Waals surface area contributed by atoms with Crippen LogP contribution in [0.25, 0.3) is 0 Å². The Labute approximate surface area is 136 Å². The van der Waals surface area contributed by atoms with Gasteiger partial charge in [0.2, 0.25) is 0 Å². The first kappa shape index (κ1) is 16.5. The smallest absolute Gasteiger partial charge is 0.0398 e. The highest BCUT2D eigenvalue weighted by molar-refractivity contribution is 9.10. The largest absolute Gasteiger partial charge is 0.308 e. The van der Waals surface area contributed by atoms with E-state index in [1.165, 1.54) is 35.0 Å². The van der Waals surface area contributed by atoms with E-state index in [4.69, 9.17) is 0 Å². The summed E-state index contributed by atoms with van der Waals surface area (Å²) in [5.74, 6) is 0.844. The molecular formula is C16H27BrN2S. The lowest BCUT2D eigenvalue weighted by Crippen LogP contribution is -2.54. The fourth-order valence-corrected chi connectivity index (χ4v) is 5.16. The summed E-state index contributed by atoms with van der Waals surface area (Å²) < 4.78 is 1.23. The molecule has 3 atom stereocenters. The third kappa shape index (κ3) is 3.65. The van der Waals surface area contributed by atoms with Gasteiger partial charge in [0.1, 0.15) is 0 Å². The highest BCUT2D eigenvalue weighted by atomic mass is 79.9. The van der Waals surface area contributed by atoms with Crippen LogP contribution in [0.15, 0.2) is 15.9 Å². The van der Waals surface area contributed by atoms with Crippen molar-refractivity contribution >= 4 is 27.3 Å². The van der Waals surface area contributed by atoms with Crippen LogP contribution in [0.1, 0.15) is 50.4 Å². The lowest BCUT2D eigenvalue weighted by Gasteiger charge is -2.46. The maximum absolute atomic E-state index is 3.78. The van der Waals surface area contributed by atoms with Crippen molar-refractivity contribution in [3.05, 3.63) is 20.8 Å². The Morgan fingerprint density at radius 3 is 2.85 bits per heavy atom. The van der Waals surface area contributed by atoms with Crippen molar-refractivity contribution in [2.75, 3.05) is 20.6 Å². The number of nitrogens with one attached hydrogen (secondary N) is 1. The standard InChI is InChI=1S/C16H27BrN2S/c1-12-6-5-8-16(10-12,19(3)4)11-18-13(2)15-14(17)7-9-20-15/h7,9,12-13,18H,5-6,8,10-11H2,1-4H3. The SMILES string of the molecule is CC1CCCC(CNC(C)c2sccc2Br)(N(C)C)C1. The van der Waals surface area contributed by atoms with Crippen LogP contribution in [0.3, 0.4) is 0 Å². The third-order valence-corrected chi connectivity index (χ3v) is 6.85. The zero-order chi connectivity index (χ0) is 14.8. The first-order valence-corrected chi connectivity index (χ1v) is 9.25. The molecule has 20 heavy (non-hydrogen) atoms. The number of hydrogen-bond acceptors (Lipinski definition) is 3. The van der Waals surface area contributed by atoms with E-state index < -0.39 is 0 Å². The summed E-state index contributed by atoms with van der Waals surface area (Å²) in [6.45, 7) is 5.75. The summed E-state index contributed by atoms with van der Waals surface area (Å²) in [5, 5.41) is 5.93. The molecule has 1 N–H and O–H groups in total. The Bertz CT molecular complexity index is 432. The van der Waals surface area contributed by atoms with E-state index in [-0.39, 0.29) is 0 Å². The molecule has 2 rings (SSSR count). The van der Waals surface area contributed by atoms with Gasteiger partial charge < -0.3 is 10.2 Å². The first-order valence-electron chi connectivity index (χ1n) is 7.58. The average molecular weight is 359 g/mol. The van der Waals surface area contributed by atoms with E-state index in [0.29, 0.717) is 11.6 Å². The Morgan fingerprint density at radius 1 is 1.55 bits per heavy atom. The molecule has 1 aromatic rings. The van der Waals surface area contributed by atoms with Gasteiger partial charge in [-0.2, -0.15) is 0 Å². The highest BCUT2D eigenvalue weighted by Crippen LogP contribution is 2.36. The van der Waals surface area contributed by atoms with Crippen molar-refractivity contribution in [3.63, 3.8) is 0 Å². The van der Waals surface area contributed by atoms with Gasteiger partial charge in [-0.15, -0.1) is 11.3 Å². The molecular weight excluding hydrogens is 332 g/mol. The molecule has 1 aliphatic carbocycles. The monoisotopic (exact) mass is 358 g/mol. The first-order chi connectivity index (χ1) is 9.44. The minimum atomic E-state index is 0.329. The Kier molecular flexibility index (Phi) is 5.69. The van der Waals surface area contributed by atoms with Crippen molar-refractivity contribution < 1.29 is 0 Å². The summed E-state index contributed by atoms with van der Waals surface area (Å²) in [6, 6.07) is 2.56. The topological polar surface area (TPSA) is 15.3 Å². The van der Waals surface area contributed by atoms with Gasteiger partial charge in [0.05, 0.1) is 0 Å². The van der Waals surface area contributed by atoms with Crippen LogP contribution in [-0.2, 0) is 0 Å². The maximum Gasteiger partial charge on any atom is 0.0398 e. The predicted molar refractivity (Wildman–Crippen MR) is 92.5 cm³/mol. The molecule has 0 radical (unpaired) electrons. The quantitative estimate of drug-likeness (QED) is 0.822. The van der Waals surface area contributed by atoms with Crippen molar-refractivity contribution in [3.8, 4) is 0 Å². The zero-order valence-corrected chi connectivity index (χ0v) is 15.5. The van der Waals surface area contributed by atoms with Crippen LogP contribution in [0.2, 0.25) is 0 Å². The van der Waals surface area contributed by atoms with E-state index in [1.807, 2.05) is 11.3 Å². The number of nitrogens with zero attached hydrogens (tertiary/aromatic N) is 1. The maximum atomic E-state index is 3.78. The number of hydrogen-bond donors (Lipinski definition) is 1. The molecule has 2 nitrogen and oxygen atoms in total. The van der Waals surface area contributed by atoms with Gasteiger partial charge in [-0.05, 0) is 67.2 Å². The summed E-state index contributed by atoms with van der Waals surface area (Å²) in [7, 11) is 4.48. The van der Waals surface area contributed by atoms with Crippen molar-refractivity contribution in [2.24, 2.45) is 5.92 Å². The second-order valence-electron chi connectivity index (χ2n) is 6.56. The van der Waals surface area contributed by atoms with Crippen LogP contribution < -0.4 is 5.32 Å². The van der Waals surface area contributed by atoms with Gasteiger partial charge >= 0.3 is 0 Å². The molecule has 1 fully saturated rings. The van der Waals surface area contributed by atoms with Gasteiger partial charge in [0.25, 0.3) is 0 Å². The molecule has 1 heterocycles. The van der Waals surface area contributed by atoms with E-state index in [0.717, 1.165) is 12.5 Å². The van der Waals surface area contributed by atoms with Gasteiger partial charge in [0.15, 0.2) is 0 Å².